The smallest absolute Gasteiger partial charge is 0.408 e. The van der Waals surface area contributed by atoms with Crippen LogP contribution in [0.2, 0.25) is 0 Å². The predicted molar refractivity (Wildman–Crippen MR) is 152 cm³/mol. The van der Waals surface area contributed by atoms with Gasteiger partial charge in [-0.2, -0.15) is 0 Å². The maximum atomic E-state index is 16.4. The maximum Gasteiger partial charge on any atom is 0.408 e. The topological polar surface area (TPSA) is 87.3 Å². The lowest BCUT2D eigenvalue weighted by molar-refractivity contribution is -0.175. The van der Waals surface area contributed by atoms with E-state index >= 15 is 4.39 Å². The first kappa shape index (κ1) is 32.1. The summed E-state index contributed by atoms with van der Waals surface area (Å²) in [7, 11) is 0. The number of amides is 2. The Balaban J connectivity index is 1.32. The molecule has 2 saturated carbocycles. The summed E-state index contributed by atoms with van der Waals surface area (Å²) in [4.78, 5) is 34.7. The Morgan fingerprint density at radius 1 is 0.891 bits per heavy atom. The molecule has 1 saturated heterocycles. The first-order chi connectivity index (χ1) is 21.7. The first-order valence-electron chi connectivity index (χ1n) is 15.3. The van der Waals surface area contributed by atoms with Gasteiger partial charge in [-0.1, -0.05) is 36.4 Å². The number of halogens is 7. The van der Waals surface area contributed by atoms with Crippen LogP contribution in [0.5, 0.6) is 0 Å². The summed E-state index contributed by atoms with van der Waals surface area (Å²) in [5.74, 6) is -11.3. The SMILES string of the molecule is O=C(N[C@H](c1nc2c(F)c(C3(C(=O)N4CC(F)(F)C4)CCC(F)(F)CC3)ccc2[nH]1)C1CCC(F)(F)CC1)OCc1ccccc1. The van der Waals surface area contributed by atoms with Crippen LogP contribution in [0.1, 0.15) is 74.4 Å². The van der Waals surface area contributed by atoms with Gasteiger partial charge in [0.2, 0.25) is 17.8 Å². The summed E-state index contributed by atoms with van der Waals surface area (Å²) in [5, 5.41) is 2.69. The highest BCUT2D eigenvalue weighted by atomic mass is 19.3. The van der Waals surface area contributed by atoms with E-state index in [1.54, 1.807) is 30.3 Å². The monoisotopic (exact) mass is 654 g/mol. The van der Waals surface area contributed by atoms with Gasteiger partial charge >= 0.3 is 6.09 Å². The second-order valence-corrected chi connectivity index (χ2v) is 12.8. The van der Waals surface area contributed by atoms with Crippen molar-refractivity contribution in [3.8, 4) is 0 Å². The molecule has 0 unspecified atom stereocenters. The molecule has 2 amide bonds. The molecule has 2 heterocycles. The first-order valence-corrected chi connectivity index (χ1v) is 15.3. The van der Waals surface area contributed by atoms with Crippen molar-refractivity contribution in [2.45, 2.75) is 87.2 Å². The van der Waals surface area contributed by atoms with E-state index in [4.69, 9.17) is 4.74 Å². The van der Waals surface area contributed by atoms with E-state index in [2.05, 4.69) is 15.3 Å². The number of H-pyrrole nitrogens is 1. The van der Waals surface area contributed by atoms with Crippen molar-refractivity contribution in [3.05, 3.63) is 65.2 Å². The second-order valence-electron chi connectivity index (χ2n) is 12.8. The van der Waals surface area contributed by atoms with Crippen molar-refractivity contribution in [2.75, 3.05) is 13.1 Å². The molecule has 1 aliphatic heterocycles. The molecule has 0 spiro atoms. The van der Waals surface area contributed by atoms with Crippen molar-refractivity contribution in [1.82, 2.24) is 20.2 Å². The molecule has 3 aliphatic rings. The minimum atomic E-state index is -3.11. The van der Waals surface area contributed by atoms with Gasteiger partial charge in [0.25, 0.3) is 5.92 Å². The minimum Gasteiger partial charge on any atom is -0.445 e. The fraction of sp³-hybridized carbons (Fsp3) is 0.531. The molecule has 2 N–H and O–H groups in total. The molecule has 0 bridgehead atoms. The third-order valence-electron chi connectivity index (χ3n) is 9.52. The Bertz CT molecular complexity index is 1590. The highest BCUT2D eigenvalue weighted by Gasteiger charge is 2.56. The van der Waals surface area contributed by atoms with Gasteiger partial charge in [-0.25, -0.2) is 40.5 Å². The summed E-state index contributed by atoms with van der Waals surface area (Å²) in [5.41, 5.74) is -1.41. The summed E-state index contributed by atoms with van der Waals surface area (Å²) in [6.07, 6.45) is -3.96. The van der Waals surface area contributed by atoms with Crippen LogP contribution in [0.3, 0.4) is 0 Å². The number of hydrogen-bond acceptors (Lipinski definition) is 4. The van der Waals surface area contributed by atoms with Gasteiger partial charge < -0.3 is 19.9 Å². The van der Waals surface area contributed by atoms with Crippen LogP contribution in [-0.4, -0.2) is 57.7 Å². The Morgan fingerprint density at radius 3 is 2.15 bits per heavy atom. The molecule has 3 fully saturated rings. The van der Waals surface area contributed by atoms with Crippen molar-refractivity contribution < 1.29 is 45.1 Å². The molecule has 2 aromatic carbocycles. The lowest BCUT2D eigenvalue weighted by Gasteiger charge is -2.47. The zero-order valence-corrected chi connectivity index (χ0v) is 24.7. The normalized spacial score (nSPS) is 22.5. The lowest BCUT2D eigenvalue weighted by atomic mass is 9.66. The van der Waals surface area contributed by atoms with E-state index in [1.165, 1.54) is 12.1 Å². The van der Waals surface area contributed by atoms with E-state index in [0.717, 1.165) is 10.5 Å². The van der Waals surface area contributed by atoms with Crippen LogP contribution < -0.4 is 5.32 Å². The highest BCUT2D eigenvalue weighted by molar-refractivity contribution is 5.91. The minimum absolute atomic E-state index is 0.0354. The number of rotatable bonds is 7. The van der Waals surface area contributed by atoms with Crippen LogP contribution in [0.4, 0.5) is 35.5 Å². The Morgan fingerprint density at radius 2 is 1.52 bits per heavy atom. The number of nitrogens with zero attached hydrogens (tertiary/aromatic N) is 2. The van der Waals surface area contributed by atoms with Crippen molar-refractivity contribution in [3.63, 3.8) is 0 Å². The fourth-order valence-electron chi connectivity index (χ4n) is 6.87. The van der Waals surface area contributed by atoms with Crippen LogP contribution in [0, 0.1) is 11.7 Å². The number of ether oxygens (including phenoxy) is 1. The number of fused-ring (bicyclic) bond motifs is 1. The van der Waals surface area contributed by atoms with Gasteiger partial charge in [0.1, 0.15) is 17.9 Å². The van der Waals surface area contributed by atoms with Gasteiger partial charge in [-0.05, 0) is 43.2 Å². The number of imidazole rings is 1. The van der Waals surface area contributed by atoms with Gasteiger partial charge in [0, 0.05) is 31.2 Å². The molecular formula is C32H33F7N4O3. The van der Waals surface area contributed by atoms with E-state index in [-0.39, 0.29) is 41.9 Å². The van der Waals surface area contributed by atoms with Gasteiger partial charge in [-0.15, -0.1) is 0 Å². The molecule has 46 heavy (non-hydrogen) atoms. The van der Waals surface area contributed by atoms with Gasteiger partial charge in [0.05, 0.1) is 30.1 Å². The third-order valence-corrected chi connectivity index (χ3v) is 9.52. The summed E-state index contributed by atoms with van der Waals surface area (Å²) < 4.78 is 106. The molecule has 2 aliphatic carbocycles. The number of hydrogen-bond donors (Lipinski definition) is 2. The van der Waals surface area contributed by atoms with Crippen LogP contribution in [0.25, 0.3) is 11.0 Å². The molecule has 1 atom stereocenters. The Kier molecular flexibility index (Phi) is 8.20. The number of carbonyl (C=O) groups is 2. The summed E-state index contributed by atoms with van der Waals surface area (Å²) >= 11 is 0. The van der Waals surface area contributed by atoms with Crippen LogP contribution in [0.15, 0.2) is 42.5 Å². The van der Waals surface area contributed by atoms with Crippen LogP contribution >= 0.6 is 0 Å². The molecule has 6 rings (SSSR count). The number of benzene rings is 2. The third kappa shape index (κ3) is 6.39. The van der Waals surface area contributed by atoms with Crippen molar-refractivity contribution in [1.29, 1.82) is 0 Å². The number of likely N-dealkylation sites (tertiary alicyclic amines) is 1. The Labute approximate surface area is 259 Å². The molecule has 248 valence electrons. The zero-order valence-electron chi connectivity index (χ0n) is 24.7. The Hall–Kier alpha value is -3.84. The molecule has 3 aromatic rings. The fourth-order valence-corrected chi connectivity index (χ4v) is 6.87. The summed E-state index contributed by atoms with van der Waals surface area (Å²) in [6.45, 7) is -1.82. The van der Waals surface area contributed by atoms with Crippen LogP contribution in [-0.2, 0) is 21.6 Å². The predicted octanol–water partition coefficient (Wildman–Crippen LogP) is 7.42. The quantitative estimate of drug-likeness (QED) is 0.260. The van der Waals surface area contributed by atoms with Crippen molar-refractivity contribution in [2.24, 2.45) is 5.92 Å². The highest BCUT2D eigenvalue weighted by Crippen LogP contribution is 2.49. The zero-order chi connectivity index (χ0) is 32.9. The summed E-state index contributed by atoms with van der Waals surface area (Å²) in [6, 6.07) is 10.6. The number of alkyl carbamates (subject to hydrolysis) is 1. The average molecular weight is 655 g/mol. The molecule has 1 aromatic heterocycles. The van der Waals surface area contributed by atoms with E-state index in [0.29, 0.717) is 0 Å². The number of carbonyl (C=O) groups excluding carboxylic acids is 2. The van der Waals surface area contributed by atoms with Gasteiger partial charge in [0.15, 0.2) is 5.82 Å². The maximum absolute atomic E-state index is 16.4. The number of aromatic nitrogens is 2. The standard InChI is InChI=1S/C32H33F7N4O3/c33-23-21(29(12-14-31(36,37)15-13-29)27(44)43-17-32(38,39)18-43)6-7-22-25(23)41-26(40-22)24(20-8-10-30(34,35)11-9-20)42-28(45)46-16-19-4-2-1-3-5-19/h1-7,20,24H,8-18H2,(H,40,41)(H,42,45)/t24-/m0/s1. The number of alkyl halides is 6. The molecular weight excluding hydrogens is 621 g/mol. The van der Waals surface area contributed by atoms with E-state index < -0.39 is 105 Å². The largest absolute Gasteiger partial charge is 0.445 e. The molecule has 14 heteroatoms. The number of aromatic amines is 1. The molecule has 0 radical (unpaired) electrons. The molecule has 7 nitrogen and oxygen atoms in total. The van der Waals surface area contributed by atoms with E-state index in [1.807, 2.05) is 0 Å². The lowest BCUT2D eigenvalue weighted by Crippen LogP contribution is -2.63. The average Bonchev–Trinajstić information content (AvgIpc) is 3.44. The van der Waals surface area contributed by atoms with Crippen molar-refractivity contribution >= 4 is 23.0 Å². The second kappa shape index (κ2) is 11.8. The van der Waals surface area contributed by atoms with Gasteiger partial charge in [-0.3, -0.25) is 4.79 Å². The number of nitrogens with one attached hydrogen (secondary N) is 2. The van der Waals surface area contributed by atoms with E-state index in [9.17, 15) is 35.9 Å².